The predicted molar refractivity (Wildman–Crippen MR) is 53.3 cm³/mol. The van der Waals surface area contributed by atoms with E-state index in [1.807, 2.05) is 0 Å². The second-order valence-corrected chi connectivity index (χ2v) is 3.72. The summed E-state index contributed by atoms with van der Waals surface area (Å²) in [6, 6.07) is 7.30. The number of alkyl halides is 6. The van der Waals surface area contributed by atoms with Crippen molar-refractivity contribution in [2.45, 2.75) is 24.6 Å². The lowest BCUT2D eigenvalue weighted by Gasteiger charge is -2.24. The SMILES string of the molecule is OC(COC(C(F)(F)F)C(F)(F)F)c1ccccc1. The Morgan fingerprint density at radius 1 is 0.947 bits per heavy atom. The van der Waals surface area contributed by atoms with Gasteiger partial charge in [-0.15, -0.1) is 0 Å². The molecule has 0 spiro atoms. The standard InChI is InChI=1S/C11H10F6O2/c12-10(13,14)9(11(15,16)17)19-6-8(18)7-4-2-1-3-5-7/h1-5,8-9,18H,6H2. The van der Waals surface area contributed by atoms with Crippen LogP contribution in [0, 0.1) is 0 Å². The van der Waals surface area contributed by atoms with Gasteiger partial charge in [0, 0.05) is 0 Å². The largest absolute Gasteiger partial charge is 0.423 e. The van der Waals surface area contributed by atoms with Crippen LogP contribution in [0.15, 0.2) is 30.3 Å². The van der Waals surface area contributed by atoms with Gasteiger partial charge in [-0.05, 0) is 5.56 Å². The van der Waals surface area contributed by atoms with Gasteiger partial charge in [0.25, 0.3) is 0 Å². The van der Waals surface area contributed by atoms with Crippen molar-refractivity contribution in [2.75, 3.05) is 6.61 Å². The van der Waals surface area contributed by atoms with Gasteiger partial charge >= 0.3 is 12.4 Å². The Morgan fingerprint density at radius 3 is 1.84 bits per heavy atom. The third-order valence-electron chi connectivity index (χ3n) is 2.20. The van der Waals surface area contributed by atoms with Crippen LogP contribution >= 0.6 is 0 Å². The van der Waals surface area contributed by atoms with E-state index in [4.69, 9.17) is 0 Å². The minimum Gasteiger partial charge on any atom is -0.386 e. The number of rotatable bonds is 4. The van der Waals surface area contributed by atoms with Crippen LogP contribution in [0.4, 0.5) is 26.3 Å². The molecule has 1 unspecified atom stereocenters. The highest BCUT2D eigenvalue weighted by atomic mass is 19.4. The highest BCUT2D eigenvalue weighted by molar-refractivity contribution is 5.17. The van der Waals surface area contributed by atoms with Crippen molar-refractivity contribution in [3.63, 3.8) is 0 Å². The van der Waals surface area contributed by atoms with Crippen molar-refractivity contribution in [1.82, 2.24) is 0 Å². The predicted octanol–water partition coefficient (Wildman–Crippen LogP) is 3.23. The van der Waals surface area contributed by atoms with Crippen LogP contribution < -0.4 is 0 Å². The first-order chi connectivity index (χ1) is 8.62. The topological polar surface area (TPSA) is 29.5 Å². The van der Waals surface area contributed by atoms with E-state index in [-0.39, 0.29) is 5.56 Å². The zero-order valence-electron chi connectivity index (χ0n) is 9.37. The molecule has 1 N–H and O–H groups in total. The number of aliphatic hydroxyl groups is 1. The van der Waals surface area contributed by atoms with E-state index in [1.165, 1.54) is 24.3 Å². The summed E-state index contributed by atoms with van der Waals surface area (Å²) in [7, 11) is 0. The number of ether oxygens (including phenoxy) is 1. The van der Waals surface area contributed by atoms with Gasteiger partial charge in [-0.3, -0.25) is 0 Å². The highest BCUT2D eigenvalue weighted by Gasteiger charge is 2.58. The average molecular weight is 288 g/mol. The van der Waals surface area contributed by atoms with Crippen LogP contribution in [0.5, 0.6) is 0 Å². The molecule has 0 aromatic heterocycles. The van der Waals surface area contributed by atoms with Crippen LogP contribution in [-0.2, 0) is 4.74 Å². The monoisotopic (exact) mass is 288 g/mol. The van der Waals surface area contributed by atoms with Gasteiger partial charge in [0.1, 0.15) is 6.10 Å². The smallest absolute Gasteiger partial charge is 0.386 e. The second-order valence-electron chi connectivity index (χ2n) is 3.72. The summed E-state index contributed by atoms with van der Waals surface area (Å²) in [5, 5.41) is 9.44. The summed E-state index contributed by atoms with van der Waals surface area (Å²) < 4.78 is 76.6. The van der Waals surface area contributed by atoms with Crippen molar-refractivity contribution in [3.05, 3.63) is 35.9 Å². The van der Waals surface area contributed by atoms with Crippen LogP contribution in [0.3, 0.4) is 0 Å². The lowest BCUT2D eigenvalue weighted by Crippen LogP contribution is -2.45. The van der Waals surface area contributed by atoms with Gasteiger partial charge in [0.15, 0.2) is 0 Å². The molecule has 1 aromatic rings. The fourth-order valence-corrected chi connectivity index (χ4v) is 1.33. The number of benzene rings is 1. The molecule has 8 heteroatoms. The van der Waals surface area contributed by atoms with E-state index in [1.54, 1.807) is 6.07 Å². The molecule has 0 fully saturated rings. The maximum absolute atomic E-state index is 12.1. The maximum Gasteiger partial charge on any atom is 0.423 e. The average Bonchev–Trinajstić information content (AvgIpc) is 2.26. The number of hydrogen-bond donors (Lipinski definition) is 1. The minimum absolute atomic E-state index is 0.172. The zero-order valence-corrected chi connectivity index (χ0v) is 9.37. The number of hydrogen-bond acceptors (Lipinski definition) is 2. The molecule has 0 aliphatic rings. The lowest BCUT2D eigenvalue weighted by molar-refractivity contribution is -0.324. The Hall–Kier alpha value is -1.28. The molecule has 0 heterocycles. The molecule has 1 aromatic carbocycles. The van der Waals surface area contributed by atoms with Crippen LogP contribution in [-0.4, -0.2) is 30.2 Å². The summed E-state index contributed by atoms with van der Waals surface area (Å²) in [5.74, 6) is 0. The molecule has 0 saturated carbocycles. The highest BCUT2D eigenvalue weighted by Crippen LogP contribution is 2.36. The summed E-state index contributed by atoms with van der Waals surface area (Å²) in [6.45, 7) is -1.10. The first-order valence-electron chi connectivity index (χ1n) is 5.10. The van der Waals surface area contributed by atoms with Crippen LogP contribution in [0.2, 0.25) is 0 Å². The van der Waals surface area contributed by atoms with Gasteiger partial charge in [-0.25, -0.2) is 0 Å². The third kappa shape index (κ3) is 4.71. The quantitative estimate of drug-likeness (QED) is 0.862. The molecule has 0 aliphatic heterocycles. The van der Waals surface area contributed by atoms with E-state index < -0.39 is 31.2 Å². The van der Waals surface area contributed by atoms with Crippen molar-refractivity contribution in [2.24, 2.45) is 0 Å². The van der Waals surface area contributed by atoms with Gasteiger partial charge in [0.05, 0.1) is 6.61 Å². The Labute approximate surface area is 104 Å². The summed E-state index contributed by atoms with van der Waals surface area (Å²) >= 11 is 0. The molecule has 0 aliphatic carbocycles. The molecule has 1 atom stereocenters. The van der Waals surface area contributed by atoms with E-state index in [2.05, 4.69) is 4.74 Å². The van der Waals surface area contributed by atoms with E-state index in [0.29, 0.717) is 0 Å². The molecule has 0 saturated heterocycles. The van der Waals surface area contributed by atoms with Crippen molar-refractivity contribution >= 4 is 0 Å². The summed E-state index contributed by atoms with van der Waals surface area (Å²) in [5.41, 5.74) is 0.172. The molecule has 108 valence electrons. The Morgan fingerprint density at radius 2 is 1.42 bits per heavy atom. The van der Waals surface area contributed by atoms with Crippen molar-refractivity contribution in [1.29, 1.82) is 0 Å². The van der Waals surface area contributed by atoms with Gasteiger partial charge in [0.2, 0.25) is 6.10 Å². The fourth-order valence-electron chi connectivity index (χ4n) is 1.33. The van der Waals surface area contributed by atoms with Gasteiger partial charge in [-0.1, -0.05) is 30.3 Å². The molecule has 1 rings (SSSR count). The number of halogens is 6. The Bertz CT molecular complexity index is 372. The molecule has 0 radical (unpaired) electrons. The molecule has 19 heavy (non-hydrogen) atoms. The summed E-state index contributed by atoms with van der Waals surface area (Å²) in [6.07, 6.45) is -16.6. The maximum atomic E-state index is 12.1. The van der Waals surface area contributed by atoms with Crippen molar-refractivity contribution < 1.29 is 36.2 Å². The fraction of sp³-hybridized carbons (Fsp3) is 0.455. The first kappa shape index (κ1) is 15.8. The first-order valence-corrected chi connectivity index (χ1v) is 5.10. The van der Waals surface area contributed by atoms with E-state index in [0.717, 1.165) is 0 Å². The van der Waals surface area contributed by atoms with E-state index in [9.17, 15) is 31.4 Å². The summed E-state index contributed by atoms with van der Waals surface area (Å²) in [4.78, 5) is 0. The van der Waals surface area contributed by atoms with Gasteiger partial charge in [-0.2, -0.15) is 26.3 Å². The molecular weight excluding hydrogens is 278 g/mol. The molecule has 0 amide bonds. The molecule has 0 bridgehead atoms. The Kier molecular flexibility index (Phi) is 4.81. The Balaban J connectivity index is 2.68. The molecular formula is C11H10F6O2. The van der Waals surface area contributed by atoms with Crippen LogP contribution in [0.25, 0.3) is 0 Å². The normalized spacial score (nSPS) is 14.7. The lowest BCUT2D eigenvalue weighted by atomic mass is 10.1. The van der Waals surface area contributed by atoms with E-state index >= 15 is 0 Å². The number of aliphatic hydroxyl groups excluding tert-OH is 1. The van der Waals surface area contributed by atoms with Crippen molar-refractivity contribution in [3.8, 4) is 0 Å². The third-order valence-corrected chi connectivity index (χ3v) is 2.20. The molecule has 2 nitrogen and oxygen atoms in total. The minimum atomic E-state index is -5.57. The second kappa shape index (κ2) is 5.79. The van der Waals surface area contributed by atoms with Gasteiger partial charge < -0.3 is 9.84 Å². The zero-order chi connectivity index (χ0) is 14.7. The van der Waals surface area contributed by atoms with Crippen LogP contribution in [0.1, 0.15) is 11.7 Å².